The van der Waals surface area contributed by atoms with Gasteiger partial charge in [0, 0.05) is 12.6 Å². The highest BCUT2D eigenvalue weighted by Gasteiger charge is 2.23. The van der Waals surface area contributed by atoms with Gasteiger partial charge in [-0.15, -0.1) is 0 Å². The fourth-order valence-corrected chi connectivity index (χ4v) is 2.27. The second kappa shape index (κ2) is 4.97. The fourth-order valence-electron chi connectivity index (χ4n) is 2.27. The van der Waals surface area contributed by atoms with E-state index < -0.39 is 0 Å². The molecule has 0 bridgehead atoms. The molecule has 0 heterocycles. The monoisotopic (exact) mass is 210 g/mol. The van der Waals surface area contributed by atoms with Gasteiger partial charge in [-0.3, -0.25) is 4.79 Å². The molecule has 0 radical (unpaired) electrons. The Bertz CT molecular complexity index is 226. The lowest BCUT2D eigenvalue weighted by atomic mass is 10.1. The molecule has 0 saturated heterocycles. The number of amides is 1. The lowest BCUT2D eigenvalue weighted by Crippen LogP contribution is -2.38. The van der Waals surface area contributed by atoms with Crippen LogP contribution in [0.15, 0.2) is 0 Å². The minimum absolute atomic E-state index is 0.168. The summed E-state index contributed by atoms with van der Waals surface area (Å²) < 4.78 is 0. The molecule has 3 nitrogen and oxygen atoms in total. The molecule has 2 atom stereocenters. The third-order valence-electron chi connectivity index (χ3n) is 3.53. The van der Waals surface area contributed by atoms with E-state index in [1.165, 1.54) is 32.1 Å². The Morgan fingerprint density at radius 3 is 2.67 bits per heavy atom. The lowest BCUT2D eigenvalue weighted by Gasteiger charge is -2.12. The normalized spacial score (nSPS) is 30.5. The maximum Gasteiger partial charge on any atom is 0.233 e. The molecule has 0 aromatic rings. The van der Waals surface area contributed by atoms with E-state index in [2.05, 4.69) is 17.6 Å². The van der Waals surface area contributed by atoms with Crippen LogP contribution in [0.5, 0.6) is 0 Å². The largest absolute Gasteiger partial charge is 0.355 e. The molecule has 2 N–H and O–H groups in total. The molecule has 2 aliphatic rings. The highest BCUT2D eigenvalue weighted by molar-refractivity contribution is 5.78. The van der Waals surface area contributed by atoms with Crippen molar-refractivity contribution >= 4 is 5.91 Å². The van der Waals surface area contributed by atoms with E-state index in [4.69, 9.17) is 0 Å². The van der Waals surface area contributed by atoms with Crippen molar-refractivity contribution in [3.8, 4) is 0 Å². The Morgan fingerprint density at radius 1 is 1.27 bits per heavy atom. The van der Waals surface area contributed by atoms with Gasteiger partial charge in [-0.05, 0) is 43.9 Å². The highest BCUT2D eigenvalue weighted by Crippen LogP contribution is 2.27. The second-order valence-corrected chi connectivity index (χ2v) is 5.24. The highest BCUT2D eigenvalue weighted by atomic mass is 16.1. The predicted octanol–water partition coefficient (Wildman–Crippen LogP) is 1.29. The van der Waals surface area contributed by atoms with Crippen LogP contribution >= 0.6 is 0 Å². The molecule has 2 saturated carbocycles. The number of nitrogens with one attached hydrogen (secondary N) is 2. The summed E-state index contributed by atoms with van der Waals surface area (Å²) in [5.41, 5.74) is 0. The third kappa shape index (κ3) is 3.82. The van der Waals surface area contributed by atoms with Gasteiger partial charge in [-0.25, -0.2) is 0 Å². The van der Waals surface area contributed by atoms with E-state index in [-0.39, 0.29) is 5.91 Å². The zero-order valence-corrected chi connectivity index (χ0v) is 9.59. The third-order valence-corrected chi connectivity index (χ3v) is 3.53. The van der Waals surface area contributed by atoms with Gasteiger partial charge >= 0.3 is 0 Å². The van der Waals surface area contributed by atoms with Gasteiger partial charge in [0.25, 0.3) is 0 Å². The maximum atomic E-state index is 11.4. The van der Waals surface area contributed by atoms with Crippen LogP contribution in [0.2, 0.25) is 0 Å². The van der Waals surface area contributed by atoms with E-state index in [0.717, 1.165) is 18.4 Å². The summed E-state index contributed by atoms with van der Waals surface area (Å²) in [5.74, 6) is 1.78. The predicted molar refractivity (Wildman–Crippen MR) is 60.5 cm³/mol. The second-order valence-electron chi connectivity index (χ2n) is 5.24. The van der Waals surface area contributed by atoms with Crippen molar-refractivity contribution in [1.82, 2.24) is 10.6 Å². The van der Waals surface area contributed by atoms with Crippen molar-refractivity contribution in [2.75, 3.05) is 13.1 Å². The Kier molecular flexibility index (Phi) is 3.62. The number of carbonyl (C=O) groups is 1. The average molecular weight is 210 g/mol. The van der Waals surface area contributed by atoms with Crippen LogP contribution in [0, 0.1) is 11.8 Å². The van der Waals surface area contributed by atoms with Gasteiger partial charge < -0.3 is 10.6 Å². The van der Waals surface area contributed by atoms with E-state index >= 15 is 0 Å². The molecule has 2 rings (SSSR count). The molecule has 2 unspecified atom stereocenters. The summed E-state index contributed by atoms with van der Waals surface area (Å²) in [6.07, 6.45) is 6.37. The SMILES string of the molecule is CC1CCC(NCC(=O)NCC2CC2)C1. The first-order chi connectivity index (χ1) is 7.24. The summed E-state index contributed by atoms with van der Waals surface area (Å²) in [5, 5.41) is 6.32. The Labute approximate surface area is 92.0 Å². The smallest absolute Gasteiger partial charge is 0.233 e. The van der Waals surface area contributed by atoms with Crippen molar-refractivity contribution in [3.05, 3.63) is 0 Å². The van der Waals surface area contributed by atoms with Gasteiger partial charge in [0.15, 0.2) is 0 Å². The van der Waals surface area contributed by atoms with Crippen molar-refractivity contribution in [2.45, 2.75) is 45.1 Å². The molecule has 2 fully saturated rings. The van der Waals surface area contributed by atoms with E-state index in [1.807, 2.05) is 0 Å². The first kappa shape index (κ1) is 10.9. The van der Waals surface area contributed by atoms with Crippen LogP contribution < -0.4 is 10.6 Å². The molecule has 1 amide bonds. The molecular formula is C12H22N2O. The molecule has 0 aromatic carbocycles. The molecule has 3 heteroatoms. The van der Waals surface area contributed by atoms with Gasteiger partial charge in [0.2, 0.25) is 5.91 Å². The van der Waals surface area contributed by atoms with Crippen LogP contribution in [0.25, 0.3) is 0 Å². The fraction of sp³-hybridized carbons (Fsp3) is 0.917. The van der Waals surface area contributed by atoms with Crippen LogP contribution in [-0.2, 0) is 4.79 Å². The number of hydrogen-bond acceptors (Lipinski definition) is 2. The van der Waals surface area contributed by atoms with E-state index in [1.54, 1.807) is 0 Å². The maximum absolute atomic E-state index is 11.4. The molecule has 15 heavy (non-hydrogen) atoms. The van der Waals surface area contributed by atoms with Gasteiger partial charge in [-0.2, -0.15) is 0 Å². The zero-order valence-electron chi connectivity index (χ0n) is 9.59. The standard InChI is InChI=1S/C12H22N2O/c1-9-2-5-11(6-9)13-8-12(15)14-7-10-3-4-10/h9-11,13H,2-8H2,1H3,(H,14,15). The van der Waals surface area contributed by atoms with Crippen molar-refractivity contribution in [2.24, 2.45) is 11.8 Å². The Balaban J connectivity index is 1.54. The van der Waals surface area contributed by atoms with Gasteiger partial charge in [-0.1, -0.05) is 6.92 Å². The van der Waals surface area contributed by atoms with Crippen molar-refractivity contribution in [1.29, 1.82) is 0 Å². The quantitative estimate of drug-likeness (QED) is 0.718. The molecule has 86 valence electrons. The van der Waals surface area contributed by atoms with Crippen molar-refractivity contribution < 1.29 is 4.79 Å². The summed E-state index contributed by atoms with van der Waals surface area (Å²) in [6, 6.07) is 0.576. The summed E-state index contributed by atoms with van der Waals surface area (Å²) in [6.45, 7) is 3.68. The van der Waals surface area contributed by atoms with Crippen molar-refractivity contribution in [3.63, 3.8) is 0 Å². The number of hydrogen-bond donors (Lipinski definition) is 2. The van der Waals surface area contributed by atoms with Gasteiger partial charge in [0.1, 0.15) is 0 Å². The van der Waals surface area contributed by atoms with Crippen LogP contribution in [0.1, 0.15) is 39.0 Å². The molecule has 0 aliphatic heterocycles. The summed E-state index contributed by atoms with van der Waals surface area (Å²) >= 11 is 0. The minimum Gasteiger partial charge on any atom is -0.355 e. The zero-order chi connectivity index (χ0) is 10.7. The topological polar surface area (TPSA) is 41.1 Å². The first-order valence-corrected chi connectivity index (χ1v) is 6.24. The first-order valence-electron chi connectivity index (χ1n) is 6.24. The van der Waals surface area contributed by atoms with E-state index in [0.29, 0.717) is 12.6 Å². The average Bonchev–Trinajstić information content (AvgIpc) is 2.95. The van der Waals surface area contributed by atoms with Crippen LogP contribution in [-0.4, -0.2) is 25.0 Å². The molecule has 0 spiro atoms. The Morgan fingerprint density at radius 2 is 2.07 bits per heavy atom. The van der Waals surface area contributed by atoms with Gasteiger partial charge in [0.05, 0.1) is 6.54 Å². The minimum atomic E-state index is 0.168. The molecule has 0 aromatic heterocycles. The Hall–Kier alpha value is -0.570. The molecular weight excluding hydrogens is 188 g/mol. The number of rotatable bonds is 5. The van der Waals surface area contributed by atoms with Crippen LogP contribution in [0.4, 0.5) is 0 Å². The van der Waals surface area contributed by atoms with Crippen LogP contribution in [0.3, 0.4) is 0 Å². The molecule has 2 aliphatic carbocycles. The summed E-state index contributed by atoms with van der Waals surface area (Å²) in [7, 11) is 0. The lowest BCUT2D eigenvalue weighted by molar-refractivity contribution is -0.120. The number of carbonyl (C=O) groups excluding carboxylic acids is 1. The summed E-state index contributed by atoms with van der Waals surface area (Å²) in [4.78, 5) is 11.4. The van der Waals surface area contributed by atoms with E-state index in [9.17, 15) is 4.79 Å².